The van der Waals surface area contributed by atoms with E-state index in [1.807, 2.05) is 0 Å². The summed E-state index contributed by atoms with van der Waals surface area (Å²) in [7, 11) is 2.17. The summed E-state index contributed by atoms with van der Waals surface area (Å²) in [6.07, 6.45) is 10.2. The lowest BCUT2D eigenvalue weighted by Gasteiger charge is -2.37. The quantitative estimate of drug-likeness (QED) is 0.842. The van der Waals surface area contributed by atoms with Gasteiger partial charge in [0.05, 0.1) is 17.9 Å². The van der Waals surface area contributed by atoms with Crippen molar-refractivity contribution >= 4 is 0 Å². The summed E-state index contributed by atoms with van der Waals surface area (Å²) in [5.74, 6) is 0.664. The van der Waals surface area contributed by atoms with Crippen molar-refractivity contribution in [3.8, 4) is 0 Å². The van der Waals surface area contributed by atoms with Crippen molar-refractivity contribution < 1.29 is 4.74 Å². The Morgan fingerprint density at radius 2 is 1.96 bits per heavy atom. The molecule has 3 heterocycles. The molecule has 1 aromatic rings. The summed E-state index contributed by atoms with van der Waals surface area (Å²) < 4.78 is 8.76. The molecule has 5 rings (SSSR count). The zero-order chi connectivity index (χ0) is 19.6. The largest absolute Gasteiger partial charge is 0.374 e. The Labute approximate surface area is 170 Å². The van der Waals surface area contributed by atoms with Gasteiger partial charge in [-0.15, -0.1) is 0 Å². The third-order valence-electron chi connectivity index (χ3n) is 7.96. The molecule has 3 fully saturated rings. The fourth-order valence-corrected chi connectivity index (χ4v) is 6.34. The maximum absolute atomic E-state index is 6.38. The number of hydrogen-bond acceptors (Lipinski definition) is 4. The van der Waals surface area contributed by atoms with Gasteiger partial charge in [-0.1, -0.05) is 13.8 Å². The highest BCUT2D eigenvalue weighted by Gasteiger charge is 2.51. The highest BCUT2D eigenvalue weighted by atomic mass is 16.5. The van der Waals surface area contributed by atoms with E-state index in [4.69, 9.17) is 15.6 Å². The molecule has 28 heavy (non-hydrogen) atoms. The maximum atomic E-state index is 6.38. The predicted molar refractivity (Wildman–Crippen MR) is 111 cm³/mol. The van der Waals surface area contributed by atoms with Crippen LogP contribution in [0.15, 0.2) is 0 Å². The van der Waals surface area contributed by atoms with Gasteiger partial charge in [0.15, 0.2) is 0 Å². The first-order valence-electron chi connectivity index (χ1n) is 11.4. The Morgan fingerprint density at radius 1 is 1.21 bits per heavy atom. The molecule has 0 atom stereocenters. The first kappa shape index (κ1) is 19.1. The van der Waals surface area contributed by atoms with Crippen molar-refractivity contribution in [1.82, 2.24) is 14.7 Å². The van der Waals surface area contributed by atoms with Gasteiger partial charge in [-0.3, -0.25) is 9.58 Å². The second-order valence-corrected chi connectivity index (χ2v) is 11.3. The summed E-state index contributed by atoms with van der Waals surface area (Å²) >= 11 is 0. The van der Waals surface area contributed by atoms with Crippen molar-refractivity contribution in [2.24, 2.45) is 16.6 Å². The van der Waals surface area contributed by atoms with Crippen molar-refractivity contribution in [3.63, 3.8) is 0 Å². The fourth-order valence-electron chi connectivity index (χ4n) is 6.34. The minimum absolute atomic E-state index is 0.157. The average Bonchev–Trinajstić information content (AvgIpc) is 3.05. The molecule has 2 saturated carbocycles. The predicted octanol–water partition coefficient (Wildman–Crippen LogP) is 3.45. The highest BCUT2D eigenvalue weighted by molar-refractivity contribution is 5.35. The van der Waals surface area contributed by atoms with E-state index in [1.165, 1.54) is 57.1 Å². The topological polar surface area (TPSA) is 56.3 Å². The van der Waals surface area contributed by atoms with Crippen LogP contribution < -0.4 is 5.73 Å². The molecule has 4 aliphatic rings. The molecule has 0 unspecified atom stereocenters. The van der Waals surface area contributed by atoms with Crippen LogP contribution in [0, 0.1) is 10.8 Å². The summed E-state index contributed by atoms with van der Waals surface area (Å²) in [5.41, 5.74) is 11.4. The Hall–Kier alpha value is -0.910. The van der Waals surface area contributed by atoms with E-state index in [9.17, 15) is 0 Å². The van der Waals surface area contributed by atoms with E-state index in [2.05, 4.69) is 30.5 Å². The molecular formula is C23H38N4O. The van der Waals surface area contributed by atoms with Crippen LogP contribution in [0.2, 0.25) is 0 Å². The van der Waals surface area contributed by atoms with Crippen LogP contribution in [0.1, 0.15) is 81.7 Å². The van der Waals surface area contributed by atoms with Gasteiger partial charge in [-0.25, -0.2) is 0 Å². The van der Waals surface area contributed by atoms with Gasteiger partial charge in [-0.2, -0.15) is 5.10 Å². The molecule has 5 nitrogen and oxygen atoms in total. The van der Waals surface area contributed by atoms with Crippen LogP contribution in [-0.4, -0.2) is 47.0 Å². The first-order chi connectivity index (χ1) is 13.3. The third-order valence-corrected chi connectivity index (χ3v) is 7.96. The summed E-state index contributed by atoms with van der Waals surface area (Å²) in [6, 6.07) is 0. The number of nitrogens with zero attached hydrogens (tertiary/aromatic N) is 3. The molecule has 0 amide bonds. The van der Waals surface area contributed by atoms with Crippen LogP contribution >= 0.6 is 0 Å². The number of ether oxygens (including phenoxy) is 1. The van der Waals surface area contributed by atoms with Crippen LogP contribution in [0.25, 0.3) is 0 Å². The summed E-state index contributed by atoms with van der Waals surface area (Å²) in [5, 5.41) is 5.14. The second kappa shape index (κ2) is 6.55. The lowest BCUT2D eigenvalue weighted by molar-refractivity contribution is -0.0294. The molecule has 0 radical (unpaired) electrons. The second-order valence-electron chi connectivity index (χ2n) is 11.3. The van der Waals surface area contributed by atoms with Crippen LogP contribution in [0.3, 0.4) is 0 Å². The van der Waals surface area contributed by atoms with Gasteiger partial charge in [0, 0.05) is 37.4 Å². The van der Waals surface area contributed by atoms with Crippen LogP contribution in [0.4, 0.5) is 0 Å². The van der Waals surface area contributed by atoms with E-state index >= 15 is 0 Å². The van der Waals surface area contributed by atoms with Gasteiger partial charge in [-0.05, 0) is 75.2 Å². The molecule has 1 saturated heterocycles. The molecule has 1 aromatic heterocycles. The minimum Gasteiger partial charge on any atom is -0.374 e. The maximum Gasteiger partial charge on any atom is 0.0802 e. The van der Waals surface area contributed by atoms with Gasteiger partial charge in [0.1, 0.15) is 0 Å². The Bertz CT molecular complexity index is 740. The molecule has 0 bridgehead atoms. The number of aromatic nitrogens is 2. The van der Waals surface area contributed by atoms with Gasteiger partial charge in [0.2, 0.25) is 0 Å². The fraction of sp³-hybridized carbons (Fsp3) is 0.870. The minimum atomic E-state index is 0.157. The summed E-state index contributed by atoms with van der Waals surface area (Å²) in [4.78, 5) is 2.33. The SMILES string of the molecule is CN(CCN)Cc1nn2c(c1[C@H]1CC[C@]3(CC1)CC(C)(C)CO3)CC1(CC1)C2. The molecule has 2 aliphatic carbocycles. The molecule has 0 aromatic carbocycles. The van der Waals surface area contributed by atoms with E-state index in [0.717, 1.165) is 26.2 Å². The number of likely N-dealkylation sites (N-methyl/N-ethyl adjacent to an activating group) is 1. The van der Waals surface area contributed by atoms with Crippen molar-refractivity contribution in [2.45, 2.75) is 89.8 Å². The molecule has 2 aliphatic heterocycles. The number of rotatable bonds is 5. The number of hydrogen-bond donors (Lipinski definition) is 1. The Kier molecular flexibility index (Phi) is 4.46. The Balaban J connectivity index is 1.37. The monoisotopic (exact) mass is 386 g/mol. The number of fused-ring (bicyclic) bond motifs is 1. The van der Waals surface area contributed by atoms with E-state index in [1.54, 1.807) is 11.3 Å². The third kappa shape index (κ3) is 3.33. The molecule has 156 valence electrons. The molecular weight excluding hydrogens is 348 g/mol. The van der Waals surface area contributed by atoms with Gasteiger partial charge < -0.3 is 10.5 Å². The molecule has 5 heteroatoms. The highest BCUT2D eigenvalue weighted by Crippen LogP contribution is 2.56. The van der Waals surface area contributed by atoms with Crippen LogP contribution in [-0.2, 0) is 24.2 Å². The normalized spacial score (nSPS) is 32.5. The van der Waals surface area contributed by atoms with Crippen molar-refractivity contribution in [2.75, 3.05) is 26.7 Å². The van der Waals surface area contributed by atoms with Gasteiger partial charge in [0.25, 0.3) is 0 Å². The average molecular weight is 387 g/mol. The van der Waals surface area contributed by atoms with E-state index < -0.39 is 0 Å². The number of nitrogens with two attached hydrogens (primary N) is 1. The summed E-state index contributed by atoms with van der Waals surface area (Å²) in [6.45, 7) is 9.38. The lowest BCUT2D eigenvalue weighted by atomic mass is 9.71. The van der Waals surface area contributed by atoms with Crippen LogP contribution in [0.5, 0.6) is 0 Å². The Morgan fingerprint density at radius 3 is 2.57 bits per heavy atom. The van der Waals surface area contributed by atoms with Crippen molar-refractivity contribution in [3.05, 3.63) is 17.0 Å². The zero-order valence-corrected chi connectivity index (χ0v) is 18.1. The standard InChI is InChI=1S/C23H38N4O/c1-21(2)14-23(28-16-21)6-4-17(5-7-23)20-18(13-26(3)11-10-24)25-27-15-22(8-9-22)12-19(20)27/h17H,4-16,24H2,1-3H3/t17-,23-. The van der Waals surface area contributed by atoms with Gasteiger partial charge >= 0.3 is 0 Å². The molecule has 2 spiro atoms. The molecule has 2 N–H and O–H groups in total. The zero-order valence-electron chi connectivity index (χ0n) is 18.1. The van der Waals surface area contributed by atoms with E-state index in [0.29, 0.717) is 23.3 Å². The van der Waals surface area contributed by atoms with Crippen molar-refractivity contribution in [1.29, 1.82) is 0 Å². The first-order valence-corrected chi connectivity index (χ1v) is 11.4. The lowest BCUT2D eigenvalue weighted by Crippen LogP contribution is -2.34. The smallest absolute Gasteiger partial charge is 0.0802 e. The van der Waals surface area contributed by atoms with E-state index in [-0.39, 0.29) is 5.60 Å².